The molecule has 7 heterocycles. The Kier molecular flexibility index (Phi) is 19.7. The van der Waals surface area contributed by atoms with Gasteiger partial charge >= 0.3 is 0 Å². The molecule has 14 nitrogen and oxygen atoms in total. The minimum absolute atomic E-state index is 0.0113. The van der Waals surface area contributed by atoms with Crippen molar-refractivity contribution in [2.45, 2.75) is 117 Å². The standard InChI is InChI=1S/C21H23NO2S.C20H22N2O2.C17H20FNO2S.C14H17N3O/c1-16-6-9-19(10-7-16)25(23,24)22-14-12-18(13-15-22)21-11-8-17-4-2-3-5-20(17)21;1-13-11-16-5-3-4-6-17(16)19(13)15-7-9-22(10-8-15)20(23)18-12-14(2)24-21-18;1-2-11-22(20,21)19-9-7-13(8-10-19)16-5-3-14-12-15(18)4-6-17(14)16;1-10(18)17-7-4-11(5-8-17)14-12-3-2-6-15-13(12)9-16-14/h2-7,9-11,18H,8,12-15H2,1H3;3-6,12,15H,7-11H2,1-2H3;4-7,12H,2-3,8-11H2,1H3;2-3,6,11H,4-5,7-9H2,1H3. The van der Waals surface area contributed by atoms with Crippen molar-refractivity contribution in [1.82, 2.24) is 28.6 Å². The van der Waals surface area contributed by atoms with Crippen molar-refractivity contribution >= 4 is 54.3 Å². The maximum Gasteiger partial charge on any atom is 0.276 e. The van der Waals surface area contributed by atoms with Gasteiger partial charge in [-0.1, -0.05) is 108 Å². The molecule has 0 atom stereocenters. The van der Waals surface area contributed by atoms with Gasteiger partial charge in [0, 0.05) is 88.7 Å². The average Bonchev–Trinajstić information content (AvgIpc) is 2.32. The molecule has 4 aromatic carbocycles. The summed E-state index contributed by atoms with van der Waals surface area (Å²) >= 11 is 0. The number of halogens is 1. The van der Waals surface area contributed by atoms with Crippen LogP contribution < -0.4 is 0 Å². The summed E-state index contributed by atoms with van der Waals surface area (Å²) in [4.78, 5) is 37.1. The highest BCUT2D eigenvalue weighted by Gasteiger charge is 2.35. The number of pyridine rings is 1. The topological polar surface area (TPSA) is 167 Å². The number of likely N-dealkylation sites (tertiary alicyclic amines) is 2. The number of benzene rings is 4. The zero-order valence-corrected chi connectivity index (χ0v) is 53.6. The lowest BCUT2D eigenvalue weighted by atomic mass is 9.85. The Bertz CT molecular complexity index is 3990. The van der Waals surface area contributed by atoms with E-state index in [2.05, 4.69) is 88.8 Å². The van der Waals surface area contributed by atoms with Crippen molar-refractivity contribution < 1.29 is 35.3 Å². The lowest BCUT2D eigenvalue weighted by Crippen LogP contribution is -2.39. The van der Waals surface area contributed by atoms with Crippen LogP contribution >= 0.6 is 0 Å². The van der Waals surface area contributed by atoms with E-state index < -0.39 is 20.0 Å². The minimum Gasteiger partial charge on any atom is -0.361 e. The van der Waals surface area contributed by atoms with E-state index in [1.807, 2.05) is 67.1 Å². The summed E-state index contributed by atoms with van der Waals surface area (Å²) in [7, 11) is -6.50. The Morgan fingerprint density at radius 2 is 1.31 bits per heavy atom. The highest BCUT2D eigenvalue weighted by Crippen LogP contribution is 2.43. The van der Waals surface area contributed by atoms with Gasteiger partial charge in [0.25, 0.3) is 5.91 Å². The van der Waals surface area contributed by atoms with Crippen LogP contribution in [0.15, 0.2) is 159 Å². The maximum absolute atomic E-state index is 13.3. The molecule has 3 aliphatic carbocycles. The van der Waals surface area contributed by atoms with E-state index in [9.17, 15) is 30.8 Å². The first-order valence-corrected chi connectivity index (χ1v) is 34.8. The number of rotatable bonds is 10. The predicted molar refractivity (Wildman–Crippen MR) is 349 cm³/mol. The number of fused-ring (bicyclic) bond motifs is 4. The minimum atomic E-state index is -3.37. The Hall–Kier alpha value is -7.44. The number of sulfonamides is 2. The van der Waals surface area contributed by atoms with Crippen LogP contribution in [-0.4, -0.2) is 121 Å². The number of nitrogens with zero attached hydrogens (tertiary/aromatic N) is 7. The van der Waals surface area contributed by atoms with E-state index in [1.54, 1.807) is 39.8 Å². The number of aromatic nitrogens is 2. The third-order valence-corrected chi connectivity index (χ3v) is 22.8. The largest absolute Gasteiger partial charge is 0.361 e. The van der Waals surface area contributed by atoms with Crippen LogP contribution in [0.2, 0.25) is 0 Å². The van der Waals surface area contributed by atoms with E-state index in [4.69, 9.17) is 4.52 Å². The number of amides is 2. The predicted octanol–water partition coefficient (Wildman–Crippen LogP) is 12.7. The van der Waals surface area contributed by atoms with Gasteiger partial charge in [-0.15, -0.1) is 0 Å². The molecule has 466 valence electrons. The van der Waals surface area contributed by atoms with E-state index >= 15 is 0 Å². The molecule has 3 saturated heterocycles. The number of hydrogen-bond acceptors (Lipinski definition) is 10. The van der Waals surface area contributed by atoms with Crippen LogP contribution in [0.3, 0.4) is 0 Å². The quantitative estimate of drug-likeness (QED) is 0.130. The van der Waals surface area contributed by atoms with Crippen LogP contribution in [0.4, 0.5) is 4.39 Å². The highest BCUT2D eigenvalue weighted by molar-refractivity contribution is 7.89. The van der Waals surface area contributed by atoms with Crippen molar-refractivity contribution in [2.75, 3.05) is 58.1 Å². The Morgan fingerprint density at radius 3 is 2.00 bits per heavy atom. The van der Waals surface area contributed by atoms with Gasteiger partial charge < -0.3 is 14.3 Å². The lowest BCUT2D eigenvalue weighted by molar-refractivity contribution is -0.129. The van der Waals surface area contributed by atoms with Gasteiger partial charge in [0.1, 0.15) is 11.6 Å². The third kappa shape index (κ3) is 14.3. The zero-order valence-electron chi connectivity index (χ0n) is 52.0. The Balaban J connectivity index is 0.000000123. The molecule has 2 amide bonds. The van der Waals surface area contributed by atoms with Crippen LogP contribution in [0.5, 0.6) is 0 Å². The molecule has 89 heavy (non-hydrogen) atoms. The smallest absolute Gasteiger partial charge is 0.276 e. The van der Waals surface area contributed by atoms with Gasteiger partial charge in [-0.2, -0.15) is 8.61 Å². The number of aliphatic imine (C=N–C) groups is 1. The van der Waals surface area contributed by atoms with Crippen LogP contribution in [0, 0.1) is 37.4 Å². The molecule has 0 N–H and O–H groups in total. The molecule has 0 bridgehead atoms. The van der Waals surface area contributed by atoms with E-state index in [-0.39, 0.29) is 23.4 Å². The molecule has 6 aromatic rings. The SMILES string of the molecule is CC(=O)N1CCC(C2=NCc3ncccc32)CC1.CC1=C(C2CCN(C(=O)c3cc(C)on3)CC2)c2ccccc2C1.CCCS(=O)(=O)N1CC=C(C2=CCc3cc(F)ccc32)CC1.Cc1ccc(S(=O)(=O)N2CCC(C3=CCc4ccccc43)CC2)cc1. The van der Waals surface area contributed by atoms with Crippen molar-refractivity contribution in [1.29, 1.82) is 0 Å². The molecule has 14 rings (SSSR count). The summed E-state index contributed by atoms with van der Waals surface area (Å²) < 4.78 is 71.4. The first-order valence-electron chi connectivity index (χ1n) is 31.7. The fourth-order valence-electron chi connectivity index (χ4n) is 14.1. The number of aryl methyl sites for hydroxylation is 2. The van der Waals surface area contributed by atoms with Gasteiger partial charge in [-0.3, -0.25) is 19.6 Å². The highest BCUT2D eigenvalue weighted by atomic mass is 32.2. The summed E-state index contributed by atoms with van der Waals surface area (Å²) in [5.41, 5.74) is 19.5. The Labute approximate surface area is 525 Å². The van der Waals surface area contributed by atoms with Gasteiger partial charge in [-0.05, 0) is 195 Å². The molecule has 17 heteroatoms. The monoisotopic (exact) mass is 1240 g/mol. The van der Waals surface area contributed by atoms with E-state index in [0.717, 1.165) is 118 Å². The van der Waals surface area contributed by atoms with Crippen molar-refractivity contribution in [3.8, 4) is 0 Å². The number of allylic oxidation sites excluding steroid dienone is 6. The third-order valence-electron chi connectivity index (χ3n) is 18.8. The summed E-state index contributed by atoms with van der Waals surface area (Å²) in [6, 6.07) is 35.2. The molecule has 2 aromatic heterocycles. The van der Waals surface area contributed by atoms with Crippen LogP contribution in [0.25, 0.3) is 16.7 Å². The number of hydrogen-bond donors (Lipinski definition) is 0. The number of piperidine rings is 3. The van der Waals surface area contributed by atoms with Gasteiger partial charge in [0.2, 0.25) is 26.0 Å². The molecule has 5 aliphatic heterocycles. The molecule has 0 unspecified atom stereocenters. The normalized spacial score (nSPS) is 18.8. The van der Waals surface area contributed by atoms with E-state index in [0.29, 0.717) is 73.1 Å². The summed E-state index contributed by atoms with van der Waals surface area (Å²) in [5, 5.41) is 3.85. The summed E-state index contributed by atoms with van der Waals surface area (Å²) in [5.74, 6) is 2.36. The molecule has 3 fully saturated rings. The van der Waals surface area contributed by atoms with Crippen LogP contribution in [-0.2, 0) is 50.6 Å². The molecule has 0 radical (unpaired) electrons. The summed E-state index contributed by atoms with van der Waals surface area (Å²) in [6.45, 7) is 15.7. The molecule has 0 spiro atoms. The second-order valence-electron chi connectivity index (χ2n) is 24.7. The van der Waals surface area contributed by atoms with Crippen molar-refractivity contribution in [3.05, 3.63) is 212 Å². The lowest BCUT2D eigenvalue weighted by Gasteiger charge is -2.33. The molecular formula is C72H82FN7O7S2. The molecule has 8 aliphatic rings. The van der Waals surface area contributed by atoms with E-state index in [1.165, 1.54) is 61.9 Å². The van der Waals surface area contributed by atoms with Crippen molar-refractivity contribution in [2.24, 2.45) is 22.7 Å². The first kappa shape index (κ1) is 63.1. The Morgan fingerprint density at radius 1 is 0.652 bits per heavy atom. The van der Waals surface area contributed by atoms with Crippen molar-refractivity contribution in [3.63, 3.8) is 0 Å². The average molecular weight is 1240 g/mol. The summed E-state index contributed by atoms with van der Waals surface area (Å²) in [6.07, 6.45) is 18.3. The van der Waals surface area contributed by atoms with Gasteiger partial charge in [0.15, 0.2) is 5.69 Å². The molecular weight excluding hydrogens is 1160 g/mol. The first-order chi connectivity index (χ1) is 42.9. The second kappa shape index (κ2) is 27.7. The van der Waals surface area contributed by atoms with Gasteiger partial charge in [0.05, 0.1) is 22.9 Å². The number of carbonyl (C=O) groups is 2. The second-order valence-corrected chi connectivity index (χ2v) is 28.7. The zero-order chi connectivity index (χ0) is 62.4. The van der Waals surface area contributed by atoms with Crippen LogP contribution in [0.1, 0.15) is 139 Å². The fourth-order valence-corrected chi connectivity index (χ4v) is 17.0. The van der Waals surface area contributed by atoms with Gasteiger partial charge in [-0.25, -0.2) is 21.2 Å². The number of carbonyl (C=O) groups excluding carboxylic acids is 2. The molecule has 0 saturated carbocycles. The maximum atomic E-state index is 13.3. The fraction of sp³-hybridized carbons (Fsp3) is 0.403.